The van der Waals surface area contributed by atoms with Crippen LogP contribution in [0.3, 0.4) is 0 Å². The number of hydrogen-bond acceptors (Lipinski definition) is 7. The van der Waals surface area contributed by atoms with E-state index in [9.17, 15) is 8.42 Å². The van der Waals surface area contributed by atoms with Crippen molar-refractivity contribution in [2.24, 2.45) is 7.05 Å². The molecule has 3 aromatic rings. The standard InChI is InChI=1S/C20H26N4O5S/c1-11(15-8-9-16(27-6)17(10-15)28-7)23-30(25,26)19-13(3)24(5)12(2)18(19)20-22-21-14(4)29-20/h8-11,23H,1-7H3/t11-/m0/s1. The summed E-state index contributed by atoms with van der Waals surface area (Å²) in [5.41, 5.74) is 2.43. The zero-order valence-electron chi connectivity index (χ0n) is 18.1. The maximum Gasteiger partial charge on any atom is 0.250 e. The smallest absolute Gasteiger partial charge is 0.250 e. The average Bonchev–Trinajstić information content (AvgIpc) is 3.23. The van der Waals surface area contributed by atoms with Crippen molar-refractivity contribution >= 4 is 10.0 Å². The first kappa shape index (κ1) is 21.8. The molecule has 3 rings (SSSR count). The highest BCUT2D eigenvalue weighted by Crippen LogP contribution is 2.36. The molecular weight excluding hydrogens is 408 g/mol. The minimum absolute atomic E-state index is 0.124. The van der Waals surface area contributed by atoms with Gasteiger partial charge in [-0.1, -0.05) is 6.07 Å². The Balaban J connectivity index is 2.03. The van der Waals surface area contributed by atoms with Crippen LogP contribution in [0.1, 0.15) is 35.8 Å². The third-order valence-electron chi connectivity index (χ3n) is 5.17. The van der Waals surface area contributed by atoms with Gasteiger partial charge in [-0.2, -0.15) is 0 Å². The van der Waals surface area contributed by atoms with E-state index in [-0.39, 0.29) is 10.8 Å². The van der Waals surface area contributed by atoms with Crippen LogP contribution in [0.15, 0.2) is 27.5 Å². The van der Waals surface area contributed by atoms with Crippen molar-refractivity contribution in [3.63, 3.8) is 0 Å². The second-order valence-corrected chi connectivity index (χ2v) is 8.67. The number of sulfonamides is 1. The lowest BCUT2D eigenvalue weighted by Crippen LogP contribution is -2.27. The number of aromatic nitrogens is 3. The number of nitrogens with zero attached hydrogens (tertiary/aromatic N) is 3. The van der Waals surface area contributed by atoms with Crippen molar-refractivity contribution in [1.29, 1.82) is 0 Å². The number of nitrogens with one attached hydrogen (secondary N) is 1. The molecule has 2 aromatic heterocycles. The molecule has 0 aliphatic rings. The van der Waals surface area contributed by atoms with Crippen molar-refractivity contribution in [3.05, 3.63) is 41.0 Å². The minimum atomic E-state index is -3.92. The molecule has 1 aromatic carbocycles. The van der Waals surface area contributed by atoms with Gasteiger partial charge in [0.2, 0.25) is 15.9 Å². The van der Waals surface area contributed by atoms with Gasteiger partial charge in [0, 0.05) is 31.4 Å². The van der Waals surface area contributed by atoms with Crippen LogP contribution in [0.4, 0.5) is 0 Å². The first-order valence-corrected chi connectivity index (χ1v) is 10.8. The first-order valence-electron chi connectivity index (χ1n) is 9.31. The molecule has 2 heterocycles. The summed E-state index contributed by atoms with van der Waals surface area (Å²) in [6, 6.07) is 4.76. The number of hydrogen-bond donors (Lipinski definition) is 1. The molecule has 162 valence electrons. The molecule has 0 spiro atoms. The third-order valence-corrected chi connectivity index (χ3v) is 6.87. The Morgan fingerprint density at radius 1 is 1.07 bits per heavy atom. The first-order chi connectivity index (χ1) is 14.1. The van der Waals surface area contributed by atoms with E-state index in [1.807, 2.05) is 6.92 Å². The van der Waals surface area contributed by atoms with Crippen LogP contribution in [-0.2, 0) is 17.1 Å². The summed E-state index contributed by atoms with van der Waals surface area (Å²) in [4.78, 5) is 0.124. The van der Waals surface area contributed by atoms with Gasteiger partial charge in [0.1, 0.15) is 4.90 Å². The molecule has 10 heteroatoms. The van der Waals surface area contributed by atoms with Gasteiger partial charge in [-0.25, -0.2) is 13.1 Å². The second-order valence-electron chi connectivity index (χ2n) is 7.02. The molecule has 0 saturated carbocycles. The van der Waals surface area contributed by atoms with Crippen LogP contribution in [0.5, 0.6) is 11.5 Å². The van der Waals surface area contributed by atoms with Crippen LogP contribution in [-0.4, -0.2) is 37.4 Å². The largest absolute Gasteiger partial charge is 0.493 e. The predicted molar refractivity (Wildman–Crippen MR) is 111 cm³/mol. The van der Waals surface area contributed by atoms with E-state index in [0.717, 1.165) is 11.3 Å². The topological polar surface area (TPSA) is 108 Å². The Hall–Kier alpha value is -2.85. The van der Waals surface area contributed by atoms with E-state index in [0.29, 0.717) is 28.6 Å². The Morgan fingerprint density at radius 2 is 1.73 bits per heavy atom. The van der Waals surface area contributed by atoms with Crippen molar-refractivity contribution in [1.82, 2.24) is 19.5 Å². The third kappa shape index (κ3) is 3.80. The van der Waals surface area contributed by atoms with E-state index < -0.39 is 16.1 Å². The fourth-order valence-electron chi connectivity index (χ4n) is 3.38. The fourth-order valence-corrected chi connectivity index (χ4v) is 5.13. The summed E-state index contributed by atoms with van der Waals surface area (Å²) >= 11 is 0. The quantitative estimate of drug-likeness (QED) is 0.609. The fraction of sp³-hybridized carbons (Fsp3) is 0.400. The van der Waals surface area contributed by atoms with Crippen molar-refractivity contribution in [2.75, 3.05) is 14.2 Å². The highest BCUT2D eigenvalue weighted by molar-refractivity contribution is 7.89. The molecule has 0 aliphatic carbocycles. The van der Waals surface area contributed by atoms with Gasteiger partial charge < -0.3 is 18.5 Å². The van der Waals surface area contributed by atoms with Gasteiger partial charge in [-0.05, 0) is 38.5 Å². The van der Waals surface area contributed by atoms with Crippen LogP contribution in [0.25, 0.3) is 11.5 Å². The number of ether oxygens (including phenoxy) is 2. The Bertz CT molecular complexity index is 1180. The molecule has 0 bridgehead atoms. The monoisotopic (exact) mass is 434 g/mol. The molecule has 0 amide bonds. The normalized spacial score (nSPS) is 12.8. The number of rotatable bonds is 7. The zero-order valence-corrected chi connectivity index (χ0v) is 18.9. The van der Waals surface area contributed by atoms with Crippen LogP contribution in [0.2, 0.25) is 0 Å². The summed E-state index contributed by atoms with van der Waals surface area (Å²) in [5, 5.41) is 7.88. The lowest BCUT2D eigenvalue weighted by Gasteiger charge is -2.17. The van der Waals surface area contributed by atoms with E-state index in [4.69, 9.17) is 13.9 Å². The van der Waals surface area contributed by atoms with Gasteiger partial charge in [0.15, 0.2) is 11.5 Å². The highest BCUT2D eigenvalue weighted by atomic mass is 32.2. The van der Waals surface area contributed by atoms with E-state index in [1.165, 1.54) is 7.11 Å². The summed E-state index contributed by atoms with van der Waals surface area (Å²) in [6.45, 7) is 6.99. The molecule has 1 atom stereocenters. The Kier molecular flexibility index (Phi) is 5.91. The molecular formula is C20H26N4O5S. The molecule has 9 nitrogen and oxygen atoms in total. The lowest BCUT2D eigenvalue weighted by atomic mass is 10.1. The van der Waals surface area contributed by atoms with E-state index in [1.54, 1.807) is 57.7 Å². The van der Waals surface area contributed by atoms with Gasteiger partial charge in [-0.3, -0.25) is 0 Å². The summed E-state index contributed by atoms with van der Waals surface area (Å²) in [5.74, 6) is 1.63. The minimum Gasteiger partial charge on any atom is -0.493 e. The van der Waals surface area contributed by atoms with Crippen LogP contribution < -0.4 is 14.2 Å². The zero-order chi connectivity index (χ0) is 22.2. The average molecular weight is 435 g/mol. The van der Waals surface area contributed by atoms with Gasteiger partial charge in [0.25, 0.3) is 5.89 Å². The van der Waals surface area contributed by atoms with Crippen molar-refractivity contribution in [3.8, 4) is 23.0 Å². The molecule has 0 radical (unpaired) electrons. The van der Waals surface area contributed by atoms with E-state index >= 15 is 0 Å². The van der Waals surface area contributed by atoms with Crippen molar-refractivity contribution in [2.45, 2.75) is 38.6 Å². The van der Waals surface area contributed by atoms with Gasteiger partial charge in [0.05, 0.1) is 19.8 Å². The highest BCUT2D eigenvalue weighted by Gasteiger charge is 2.31. The summed E-state index contributed by atoms with van der Waals surface area (Å²) in [6.07, 6.45) is 0. The van der Waals surface area contributed by atoms with Crippen molar-refractivity contribution < 1.29 is 22.3 Å². The molecule has 30 heavy (non-hydrogen) atoms. The number of benzene rings is 1. The summed E-state index contributed by atoms with van der Waals surface area (Å²) in [7, 11) is 0.964. The second kappa shape index (κ2) is 8.11. The molecule has 0 unspecified atom stereocenters. The lowest BCUT2D eigenvalue weighted by molar-refractivity contribution is 0.354. The predicted octanol–water partition coefficient (Wildman–Crippen LogP) is 3.06. The van der Waals surface area contributed by atoms with Crippen LogP contribution in [0, 0.1) is 20.8 Å². The Labute approximate surface area is 176 Å². The van der Waals surface area contributed by atoms with Gasteiger partial charge in [-0.15, -0.1) is 10.2 Å². The van der Waals surface area contributed by atoms with Gasteiger partial charge >= 0.3 is 0 Å². The SMILES string of the molecule is COc1ccc([C@H](C)NS(=O)(=O)c2c(-c3nnc(C)o3)c(C)n(C)c2C)cc1OC. The van der Waals surface area contributed by atoms with E-state index in [2.05, 4.69) is 14.9 Å². The van der Waals surface area contributed by atoms with Crippen LogP contribution >= 0.6 is 0 Å². The maximum atomic E-state index is 13.4. The molecule has 1 N–H and O–H groups in total. The maximum absolute atomic E-state index is 13.4. The number of aryl methyl sites for hydroxylation is 1. The Morgan fingerprint density at radius 3 is 2.30 bits per heavy atom. The molecule has 0 saturated heterocycles. The number of methoxy groups -OCH3 is 2. The molecule has 0 fully saturated rings. The molecule has 0 aliphatic heterocycles. The summed E-state index contributed by atoms with van der Waals surface area (Å²) < 4.78 is 47.5.